The quantitative estimate of drug-likeness (QED) is 0.396. The van der Waals surface area contributed by atoms with Crippen LogP contribution in [0.2, 0.25) is 0 Å². The first-order chi connectivity index (χ1) is 16.4. The molecule has 0 spiro atoms. The van der Waals surface area contributed by atoms with E-state index >= 15 is 0 Å². The molecular formula is C26H25N5O2S. The van der Waals surface area contributed by atoms with Crippen LogP contribution in [0.4, 0.5) is 5.69 Å². The molecule has 1 N–H and O–H groups in total. The molecule has 1 aromatic heterocycles. The van der Waals surface area contributed by atoms with Gasteiger partial charge in [-0.05, 0) is 37.3 Å². The summed E-state index contributed by atoms with van der Waals surface area (Å²) in [5, 5.41) is 12.3. The molecule has 7 nitrogen and oxygen atoms in total. The van der Waals surface area contributed by atoms with Gasteiger partial charge in [-0.2, -0.15) is 0 Å². The fourth-order valence-corrected chi connectivity index (χ4v) is 4.13. The molecule has 3 aromatic carbocycles. The highest BCUT2D eigenvalue weighted by molar-refractivity contribution is 7.99. The van der Waals surface area contributed by atoms with Gasteiger partial charge in [0.05, 0.1) is 5.75 Å². The van der Waals surface area contributed by atoms with Crippen LogP contribution >= 0.6 is 11.8 Å². The lowest BCUT2D eigenvalue weighted by Gasteiger charge is -2.12. The summed E-state index contributed by atoms with van der Waals surface area (Å²) in [4.78, 5) is 26.4. The summed E-state index contributed by atoms with van der Waals surface area (Å²) in [5.41, 5.74) is 4.11. The normalized spacial score (nSPS) is 10.7. The zero-order valence-electron chi connectivity index (χ0n) is 19.2. The van der Waals surface area contributed by atoms with Gasteiger partial charge in [0.15, 0.2) is 11.0 Å². The first-order valence-corrected chi connectivity index (χ1v) is 11.7. The Bertz CT molecular complexity index is 1300. The maximum absolute atomic E-state index is 12.7. The van der Waals surface area contributed by atoms with Crippen LogP contribution in [0.3, 0.4) is 0 Å². The van der Waals surface area contributed by atoms with E-state index in [1.165, 1.54) is 16.7 Å². The molecule has 0 unspecified atom stereocenters. The van der Waals surface area contributed by atoms with E-state index in [9.17, 15) is 9.59 Å². The molecule has 0 bridgehead atoms. The highest BCUT2D eigenvalue weighted by Crippen LogP contribution is 2.28. The Morgan fingerprint density at radius 3 is 2.38 bits per heavy atom. The molecule has 172 valence electrons. The Labute approximate surface area is 202 Å². The van der Waals surface area contributed by atoms with Crippen LogP contribution in [-0.4, -0.2) is 51.3 Å². The molecule has 0 saturated carbocycles. The summed E-state index contributed by atoms with van der Waals surface area (Å²) in [5.74, 6) is 0.538. The summed E-state index contributed by atoms with van der Waals surface area (Å²) in [6.07, 6.45) is 0. The molecule has 1 heterocycles. The predicted molar refractivity (Wildman–Crippen MR) is 135 cm³/mol. The van der Waals surface area contributed by atoms with Crippen LogP contribution in [0.1, 0.15) is 15.9 Å². The number of thioether (sulfide) groups is 1. The number of hydrogen-bond donors (Lipinski definition) is 1. The van der Waals surface area contributed by atoms with Crippen molar-refractivity contribution in [2.75, 3.05) is 25.2 Å². The molecule has 0 fully saturated rings. The number of amides is 2. The van der Waals surface area contributed by atoms with Crippen LogP contribution < -0.4 is 5.32 Å². The van der Waals surface area contributed by atoms with Crippen molar-refractivity contribution in [1.82, 2.24) is 19.7 Å². The molecule has 4 rings (SSSR count). The van der Waals surface area contributed by atoms with Crippen molar-refractivity contribution in [1.29, 1.82) is 0 Å². The van der Waals surface area contributed by atoms with E-state index in [1.807, 2.05) is 66.1 Å². The van der Waals surface area contributed by atoms with E-state index in [-0.39, 0.29) is 17.6 Å². The third kappa shape index (κ3) is 5.35. The van der Waals surface area contributed by atoms with E-state index in [0.29, 0.717) is 22.2 Å². The van der Waals surface area contributed by atoms with E-state index in [4.69, 9.17) is 0 Å². The minimum atomic E-state index is -0.195. The molecule has 2 amide bonds. The summed E-state index contributed by atoms with van der Waals surface area (Å²) in [6.45, 7) is 2.04. The Hall–Kier alpha value is -3.91. The molecule has 0 aliphatic rings. The monoisotopic (exact) mass is 471 g/mol. The van der Waals surface area contributed by atoms with Gasteiger partial charge in [-0.1, -0.05) is 65.9 Å². The summed E-state index contributed by atoms with van der Waals surface area (Å²) < 4.78 is 1.96. The number of rotatable bonds is 7. The fraction of sp³-hybridized carbons (Fsp3) is 0.154. The van der Waals surface area contributed by atoms with Crippen molar-refractivity contribution in [2.24, 2.45) is 0 Å². The molecule has 0 aliphatic carbocycles. The average Bonchev–Trinajstić information content (AvgIpc) is 3.27. The Morgan fingerprint density at radius 2 is 1.68 bits per heavy atom. The third-order valence-corrected chi connectivity index (χ3v) is 6.02. The van der Waals surface area contributed by atoms with Gasteiger partial charge < -0.3 is 10.2 Å². The zero-order valence-corrected chi connectivity index (χ0v) is 20.0. The summed E-state index contributed by atoms with van der Waals surface area (Å²) in [6, 6.07) is 24.8. The Morgan fingerprint density at radius 1 is 0.941 bits per heavy atom. The molecule has 0 atom stereocenters. The highest BCUT2D eigenvalue weighted by atomic mass is 32.2. The molecular weight excluding hydrogens is 446 g/mol. The number of nitrogens with zero attached hydrogens (tertiary/aromatic N) is 4. The SMILES string of the molecule is Cc1ccc(-n2c(SCC(=O)Nc3cccc(C(=O)N(C)C)c3)nnc2-c2ccccc2)cc1. The second-order valence-corrected chi connectivity index (χ2v) is 8.90. The van der Waals surface area contributed by atoms with Crippen LogP contribution in [0, 0.1) is 6.92 Å². The van der Waals surface area contributed by atoms with Gasteiger partial charge in [0, 0.05) is 36.6 Å². The van der Waals surface area contributed by atoms with Crippen molar-refractivity contribution >= 4 is 29.3 Å². The van der Waals surface area contributed by atoms with Crippen molar-refractivity contribution in [3.63, 3.8) is 0 Å². The molecule has 8 heteroatoms. The standard InChI is InChI=1S/C26H25N5O2S/c1-18-12-14-22(15-13-18)31-24(19-8-5-4-6-9-19)28-29-26(31)34-17-23(32)27-21-11-7-10-20(16-21)25(33)30(2)3/h4-16H,17H2,1-3H3,(H,27,32). The highest BCUT2D eigenvalue weighted by Gasteiger charge is 2.17. The van der Waals surface area contributed by atoms with Crippen molar-refractivity contribution in [3.05, 3.63) is 90.0 Å². The Kier molecular flexibility index (Phi) is 7.08. The number of hydrogen-bond acceptors (Lipinski definition) is 5. The number of anilines is 1. The predicted octanol–water partition coefficient (Wildman–Crippen LogP) is 4.68. The second-order valence-electron chi connectivity index (χ2n) is 7.96. The van der Waals surface area contributed by atoms with Crippen LogP contribution in [0.25, 0.3) is 17.1 Å². The van der Waals surface area contributed by atoms with Gasteiger partial charge in [0.1, 0.15) is 0 Å². The van der Waals surface area contributed by atoms with Crippen molar-refractivity contribution < 1.29 is 9.59 Å². The minimum Gasteiger partial charge on any atom is -0.345 e. The van der Waals surface area contributed by atoms with Gasteiger partial charge in [0.25, 0.3) is 5.91 Å². The molecule has 0 radical (unpaired) electrons. The van der Waals surface area contributed by atoms with Gasteiger partial charge in [-0.3, -0.25) is 14.2 Å². The van der Waals surface area contributed by atoms with Gasteiger partial charge in [-0.25, -0.2) is 0 Å². The number of carbonyl (C=O) groups is 2. The molecule has 4 aromatic rings. The van der Waals surface area contributed by atoms with E-state index in [1.54, 1.807) is 38.4 Å². The smallest absolute Gasteiger partial charge is 0.253 e. The van der Waals surface area contributed by atoms with Gasteiger partial charge >= 0.3 is 0 Å². The maximum Gasteiger partial charge on any atom is 0.253 e. The lowest BCUT2D eigenvalue weighted by Crippen LogP contribution is -2.22. The van der Waals surface area contributed by atoms with E-state index in [0.717, 1.165) is 16.8 Å². The van der Waals surface area contributed by atoms with Crippen LogP contribution in [0.5, 0.6) is 0 Å². The minimum absolute atomic E-state index is 0.120. The van der Waals surface area contributed by atoms with E-state index < -0.39 is 0 Å². The molecule has 0 saturated heterocycles. The number of aryl methyl sites for hydroxylation is 1. The van der Waals surface area contributed by atoms with Crippen LogP contribution in [0.15, 0.2) is 84.0 Å². The number of aromatic nitrogens is 3. The molecule has 0 aliphatic heterocycles. The number of carbonyl (C=O) groups excluding carboxylic acids is 2. The number of nitrogens with one attached hydrogen (secondary N) is 1. The fourth-order valence-electron chi connectivity index (χ4n) is 3.38. The number of benzene rings is 3. The lowest BCUT2D eigenvalue weighted by molar-refractivity contribution is -0.113. The first-order valence-electron chi connectivity index (χ1n) is 10.7. The van der Waals surface area contributed by atoms with Gasteiger partial charge in [-0.15, -0.1) is 10.2 Å². The van der Waals surface area contributed by atoms with Crippen molar-refractivity contribution in [2.45, 2.75) is 12.1 Å². The summed E-state index contributed by atoms with van der Waals surface area (Å²) >= 11 is 1.31. The lowest BCUT2D eigenvalue weighted by atomic mass is 10.2. The third-order valence-electron chi connectivity index (χ3n) is 5.09. The van der Waals surface area contributed by atoms with Gasteiger partial charge in [0.2, 0.25) is 5.91 Å². The molecule has 34 heavy (non-hydrogen) atoms. The Balaban J connectivity index is 1.54. The van der Waals surface area contributed by atoms with Crippen molar-refractivity contribution in [3.8, 4) is 17.1 Å². The summed E-state index contributed by atoms with van der Waals surface area (Å²) in [7, 11) is 3.39. The largest absolute Gasteiger partial charge is 0.345 e. The maximum atomic E-state index is 12.7. The average molecular weight is 472 g/mol. The topological polar surface area (TPSA) is 80.1 Å². The zero-order chi connectivity index (χ0) is 24.1. The van der Waals surface area contributed by atoms with Crippen LogP contribution in [-0.2, 0) is 4.79 Å². The first kappa shape index (κ1) is 23.3. The van der Waals surface area contributed by atoms with E-state index in [2.05, 4.69) is 15.5 Å². The second kappa shape index (κ2) is 10.4.